The normalized spacial score (nSPS) is 16.5. The first kappa shape index (κ1) is 19.7. The number of rotatable bonds is 9. The fourth-order valence-corrected chi connectivity index (χ4v) is 2.52. The molecule has 1 saturated heterocycles. The molecule has 0 unspecified atom stereocenters. The van der Waals surface area contributed by atoms with E-state index >= 15 is 0 Å². The molecule has 1 fully saturated rings. The van der Waals surface area contributed by atoms with Crippen LogP contribution in [0.4, 0.5) is 0 Å². The Balaban J connectivity index is 2.33. The first-order valence-electron chi connectivity index (χ1n) is 8.40. The molecule has 1 aliphatic heterocycles. The SMILES string of the molecule is CCNC(=NCCCOCCOC)N1CCC(C(=O)OC)CC1. The number of nitrogens with one attached hydrogen (secondary N) is 1. The summed E-state index contributed by atoms with van der Waals surface area (Å²) in [6.45, 7) is 7.22. The van der Waals surface area contributed by atoms with Gasteiger partial charge in [-0.25, -0.2) is 0 Å². The van der Waals surface area contributed by atoms with Gasteiger partial charge in [0.05, 0.1) is 26.2 Å². The van der Waals surface area contributed by atoms with Crippen molar-refractivity contribution in [1.29, 1.82) is 0 Å². The van der Waals surface area contributed by atoms with Crippen LogP contribution in [0.1, 0.15) is 26.2 Å². The minimum absolute atomic E-state index is 0.0216. The van der Waals surface area contributed by atoms with Gasteiger partial charge in [0.15, 0.2) is 5.96 Å². The lowest BCUT2D eigenvalue weighted by atomic mass is 9.97. The molecule has 0 bridgehead atoms. The molecular formula is C16H31N3O4. The van der Waals surface area contributed by atoms with E-state index in [4.69, 9.17) is 14.2 Å². The van der Waals surface area contributed by atoms with E-state index < -0.39 is 0 Å². The molecule has 0 aromatic heterocycles. The van der Waals surface area contributed by atoms with E-state index in [2.05, 4.69) is 22.1 Å². The van der Waals surface area contributed by atoms with E-state index in [9.17, 15) is 4.79 Å². The van der Waals surface area contributed by atoms with Crippen molar-refractivity contribution in [3.05, 3.63) is 0 Å². The average molecular weight is 329 g/mol. The maximum Gasteiger partial charge on any atom is 0.308 e. The Bertz CT molecular complexity index is 355. The molecule has 23 heavy (non-hydrogen) atoms. The minimum atomic E-state index is -0.0974. The van der Waals surface area contributed by atoms with Gasteiger partial charge in [-0.05, 0) is 26.2 Å². The van der Waals surface area contributed by atoms with Crippen LogP contribution >= 0.6 is 0 Å². The Morgan fingerprint density at radius 2 is 1.96 bits per heavy atom. The lowest BCUT2D eigenvalue weighted by Gasteiger charge is -2.33. The third kappa shape index (κ3) is 7.65. The van der Waals surface area contributed by atoms with Gasteiger partial charge in [0.2, 0.25) is 0 Å². The van der Waals surface area contributed by atoms with Gasteiger partial charge in [0.25, 0.3) is 0 Å². The molecule has 7 heteroatoms. The van der Waals surface area contributed by atoms with Crippen LogP contribution in [-0.4, -0.2) is 77.0 Å². The molecular weight excluding hydrogens is 298 g/mol. The molecule has 134 valence electrons. The van der Waals surface area contributed by atoms with Gasteiger partial charge in [0.1, 0.15) is 0 Å². The highest BCUT2D eigenvalue weighted by Gasteiger charge is 2.26. The molecule has 0 saturated carbocycles. The van der Waals surface area contributed by atoms with Crippen molar-refractivity contribution in [2.75, 3.05) is 60.2 Å². The maximum atomic E-state index is 11.6. The zero-order valence-electron chi connectivity index (χ0n) is 14.7. The molecule has 0 amide bonds. The second-order valence-corrected chi connectivity index (χ2v) is 5.48. The highest BCUT2D eigenvalue weighted by atomic mass is 16.5. The number of carbonyl (C=O) groups excluding carboxylic acids is 1. The average Bonchev–Trinajstić information content (AvgIpc) is 2.59. The number of hydrogen-bond acceptors (Lipinski definition) is 5. The molecule has 0 aromatic carbocycles. The van der Waals surface area contributed by atoms with Gasteiger partial charge in [-0.2, -0.15) is 0 Å². The van der Waals surface area contributed by atoms with E-state index in [1.807, 2.05) is 0 Å². The van der Waals surface area contributed by atoms with Crippen LogP contribution in [0.2, 0.25) is 0 Å². The largest absolute Gasteiger partial charge is 0.469 e. The Morgan fingerprint density at radius 1 is 1.22 bits per heavy atom. The quantitative estimate of drug-likeness (QED) is 0.293. The van der Waals surface area contributed by atoms with E-state index in [0.29, 0.717) is 19.8 Å². The number of esters is 1. The third-order valence-corrected chi connectivity index (χ3v) is 3.80. The standard InChI is InChI=1S/C16H31N3O4/c1-4-17-16(18-8-5-11-23-13-12-21-2)19-9-6-14(7-10-19)15(20)22-3/h14H,4-13H2,1-3H3,(H,17,18). The number of likely N-dealkylation sites (tertiary alicyclic amines) is 1. The maximum absolute atomic E-state index is 11.6. The molecule has 0 radical (unpaired) electrons. The van der Waals surface area contributed by atoms with Crippen molar-refractivity contribution in [3.63, 3.8) is 0 Å². The summed E-state index contributed by atoms with van der Waals surface area (Å²) in [5, 5.41) is 3.32. The lowest BCUT2D eigenvalue weighted by Crippen LogP contribution is -2.46. The highest BCUT2D eigenvalue weighted by molar-refractivity contribution is 5.80. The minimum Gasteiger partial charge on any atom is -0.469 e. The molecule has 1 aliphatic rings. The van der Waals surface area contributed by atoms with E-state index in [1.165, 1.54) is 7.11 Å². The van der Waals surface area contributed by atoms with Crippen LogP contribution in [0.15, 0.2) is 4.99 Å². The van der Waals surface area contributed by atoms with Crippen LogP contribution in [-0.2, 0) is 19.0 Å². The van der Waals surface area contributed by atoms with E-state index in [0.717, 1.165) is 51.4 Å². The van der Waals surface area contributed by atoms with E-state index in [1.54, 1.807) is 7.11 Å². The number of carbonyl (C=O) groups is 1. The van der Waals surface area contributed by atoms with Gasteiger partial charge in [0, 0.05) is 39.9 Å². The summed E-state index contributed by atoms with van der Waals surface area (Å²) >= 11 is 0. The summed E-state index contributed by atoms with van der Waals surface area (Å²) in [6, 6.07) is 0. The van der Waals surface area contributed by atoms with Crippen molar-refractivity contribution >= 4 is 11.9 Å². The molecule has 0 aliphatic carbocycles. The van der Waals surface area contributed by atoms with Crippen molar-refractivity contribution in [1.82, 2.24) is 10.2 Å². The van der Waals surface area contributed by atoms with Crippen molar-refractivity contribution < 1.29 is 19.0 Å². The summed E-state index contributed by atoms with van der Waals surface area (Å²) in [7, 11) is 3.12. The summed E-state index contributed by atoms with van der Waals surface area (Å²) < 4.78 is 15.2. The monoisotopic (exact) mass is 329 g/mol. The lowest BCUT2D eigenvalue weighted by molar-refractivity contribution is -0.146. The Morgan fingerprint density at radius 3 is 2.57 bits per heavy atom. The fourth-order valence-electron chi connectivity index (χ4n) is 2.52. The Labute approximate surface area is 139 Å². The van der Waals surface area contributed by atoms with Gasteiger partial charge in [-0.3, -0.25) is 9.79 Å². The molecule has 1 rings (SSSR count). The molecule has 0 spiro atoms. The zero-order valence-corrected chi connectivity index (χ0v) is 14.7. The topological polar surface area (TPSA) is 72.4 Å². The van der Waals surface area contributed by atoms with Crippen molar-refractivity contribution in [3.8, 4) is 0 Å². The number of piperidine rings is 1. The first-order chi connectivity index (χ1) is 11.2. The van der Waals surface area contributed by atoms with Crippen LogP contribution in [0.5, 0.6) is 0 Å². The molecule has 1 N–H and O–H groups in total. The van der Waals surface area contributed by atoms with Gasteiger partial charge in [-0.1, -0.05) is 0 Å². The zero-order chi connectivity index (χ0) is 16.9. The van der Waals surface area contributed by atoms with Crippen LogP contribution in [0.25, 0.3) is 0 Å². The molecule has 7 nitrogen and oxygen atoms in total. The van der Waals surface area contributed by atoms with Crippen LogP contribution in [0.3, 0.4) is 0 Å². The molecule has 1 heterocycles. The van der Waals surface area contributed by atoms with Crippen LogP contribution < -0.4 is 5.32 Å². The number of guanidine groups is 1. The van der Waals surface area contributed by atoms with Gasteiger partial charge >= 0.3 is 5.97 Å². The summed E-state index contributed by atoms with van der Waals surface area (Å²) in [6.07, 6.45) is 2.52. The Kier molecular flexibility index (Phi) is 10.4. The van der Waals surface area contributed by atoms with E-state index in [-0.39, 0.29) is 11.9 Å². The fraction of sp³-hybridized carbons (Fsp3) is 0.875. The predicted molar refractivity (Wildman–Crippen MR) is 89.6 cm³/mol. The summed E-state index contributed by atoms with van der Waals surface area (Å²) in [5.74, 6) is 0.848. The molecule has 0 aromatic rings. The van der Waals surface area contributed by atoms with Crippen molar-refractivity contribution in [2.24, 2.45) is 10.9 Å². The highest BCUT2D eigenvalue weighted by Crippen LogP contribution is 2.18. The van der Waals surface area contributed by atoms with Gasteiger partial charge < -0.3 is 24.4 Å². The summed E-state index contributed by atoms with van der Waals surface area (Å²) in [4.78, 5) is 18.4. The second kappa shape index (κ2) is 12.1. The van der Waals surface area contributed by atoms with Gasteiger partial charge in [-0.15, -0.1) is 0 Å². The number of hydrogen-bond donors (Lipinski definition) is 1. The van der Waals surface area contributed by atoms with Crippen LogP contribution in [0, 0.1) is 5.92 Å². The number of ether oxygens (including phenoxy) is 3. The van der Waals surface area contributed by atoms with Crippen molar-refractivity contribution in [2.45, 2.75) is 26.2 Å². The molecule has 0 atom stereocenters. The first-order valence-corrected chi connectivity index (χ1v) is 8.40. The third-order valence-electron chi connectivity index (χ3n) is 3.80. The smallest absolute Gasteiger partial charge is 0.308 e. The predicted octanol–water partition coefficient (Wildman–Crippen LogP) is 0.890. The number of aliphatic imine (C=N–C) groups is 1. The Hall–Kier alpha value is -1.34. The second-order valence-electron chi connectivity index (χ2n) is 5.48. The summed E-state index contributed by atoms with van der Waals surface area (Å²) in [5.41, 5.74) is 0. The number of methoxy groups -OCH3 is 2. The number of nitrogens with zero attached hydrogens (tertiary/aromatic N) is 2.